The highest BCUT2D eigenvalue weighted by atomic mass is 35.5. The normalized spacial score (nSPS) is 11.0. The molecular weight excluding hydrogens is 290 g/mol. The van der Waals surface area contributed by atoms with Gasteiger partial charge in [0.2, 0.25) is 0 Å². The van der Waals surface area contributed by atoms with E-state index >= 15 is 0 Å². The van der Waals surface area contributed by atoms with Crippen LogP contribution in [0.2, 0.25) is 5.02 Å². The topological polar surface area (TPSA) is 38.8 Å². The average molecular weight is 314 g/mol. The van der Waals surface area contributed by atoms with Crippen LogP contribution in [0.5, 0.6) is 0 Å². The van der Waals surface area contributed by atoms with Crippen LogP contribution in [-0.4, -0.2) is 57.8 Å². The van der Waals surface area contributed by atoms with Crippen LogP contribution in [0.3, 0.4) is 0 Å². The van der Waals surface area contributed by atoms with Crippen molar-refractivity contribution in [2.75, 3.05) is 47.1 Å². The Morgan fingerprint density at radius 2 is 1.81 bits per heavy atom. The van der Waals surface area contributed by atoms with Crippen molar-refractivity contribution in [1.29, 1.82) is 0 Å². The number of hydrogen-bond donors (Lipinski definition) is 0. The minimum Gasteiger partial charge on any atom is -0.385 e. The number of benzene rings is 1. The molecule has 0 bridgehead atoms. The zero-order chi connectivity index (χ0) is 15.5. The molecule has 0 spiro atoms. The largest absolute Gasteiger partial charge is 0.385 e. The molecular formula is C16H24ClNO3. The predicted molar refractivity (Wildman–Crippen MR) is 85.2 cm³/mol. The van der Waals surface area contributed by atoms with Gasteiger partial charge in [-0.1, -0.05) is 23.7 Å². The van der Waals surface area contributed by atoms with Gasteiger partial charge in [0.25, 0.3) is 0 Å². The molecule has 1 aromatic rings. The number of carbonyl (C=O) groups excluding carboxylic acids is 1. The third-order valence-electron chi connectivity index (χ3n) is 3.26. The SMILES string of the molecule is COCCCN(CCOC)CCC(=O)c1ccccc1Cl. The third kappa shape index (κ3) is 7.05. The smallest absolute Gasteiger partial charge is 0.165 e. The fraction of sp³-hybridized carbons (Fsp3) is 0.562. The van der Waals surface area contributed by atoms with Gasteiger partial charge in [0.1, 0.15) is 0 Å². The number of ether oxygens (including phenoxy) is 2. The number of nitrogens with zero attached hydrogens (tertiary/aromatic N) is 1. The highest BCUT2D eigenvalue weighted by molar-refractivity contribution is 6.33. The Bertz CT molecular complexity index is 426. The van der Waals surface area contributed by atoms with Crippen LogP contribution in [-0.2, 0) is 9.47 Å². The molecule has 5 heteroatoms. The molecule has 0 aromatic heterocycles. The molecule has 118 valence electrons. The molecule has 1 rings (SSSR count). The van der Waals surface area contributed by atoms with Gasteiger partial charge in [-0.25, -0.2) is 0 Å². The standard InChI is InChI=1S/C16H24ClNO3/c1-20-12-5-9-18(11-13-21-2)10-8-16(19)14-6-3-4-7-15(14)17/h3-4,6-7H,5,8-13H2,1-2H3. The minimum atomic E-state index is 0.0785. The Balaban J connectivity index is 2.47. The summed E-state index contributed by atoms with van der Waals surface area (Å²) in [5.41, 5.74) is 0.600. The van der Waals surface area contributed by atoms with E-state index in [0.717, 1.165) is 26.1 Å². The van der Waals surface area contributed by atoms with E-state index in [1.165, 1.54) is 0 Å². The van der Waals surface area contributed by atoms with E-state index < -0.39 is 0 Å². The summed E-state index contributed by atoms with van der Waals surface area (Å²) >= 11 is 6.05. The number of ketones is 1. The van der Waals surface area contributed by atoms with Gasteiger partial charge in [0.15, 0.2) is 5.78 Å². The van der Waals surface area contributed by atoms with E-state index in [2.05, 4.69) is 4.90 Å². The van der Waals surface area contributed by atoms with Gasteiger partial charge in [0, 0.05) is 52.4 Å². The Labute approximate surface area is 132 Å². The maximum atomic E-state index is 12.2. The van der Waals surface area contributed by atoms with Crippen LogP contribution in [0.15, 0.2) is 24.3 Å². The summed E-state index contributed by atoms with van der Waals surface area (Å²) in [6.07, 6.45) is 1.40. The van der Waals surface area contributed by atoms with Crippen molar-refractivity contribution in [3.8, 4) is 0 Å². The molecule has 21 heavy (non-hydrogen) atoms. The van der Waals surface area contributed by atoms with Crippen molar-refractivity contribution in [1.82, 2.24) is 4.90 Å². The number of rotatable bonds is 11. The van der Waals surface area contributed by atoms with Crippen LogP contribution in [0.1, 0.15) is 23.2 Å². The van der Waals surface area contributed by atoms with Crippen molar-refractivity contribution in [2.24, 2.45) is 0 Å². The first kappa shape index (κ1) is 18.1. The number of carbonyl (C=O) groups is 1. The summed E-state index contributed by atoms with van der Waals surface area (Å²) in [7, 11) is 3.38. The number of Topliss-reactive ketones (excluding diaryl/α,β-unsaturated/α-hetero) is 1. The summed E-state index contributed by atoms with van der Waals surface area (Å²) in [4.78, 5) is 14.4. The minimum absolute atomic E-state index is 0.0785. The van der Waals surface area contributed by atoms with Crippen LogP contribution >= 0.6 is 11.6 Å². The lowest BCUT2D eigenvalue weighted by atomic mass is 10.1. The molecule has 0 atom stereocenters. The lowest BCUT2D eigenvalue weighted by Gasteiger charge is -2.21. The zero-order valence-corrected chi connectivity index (χ0v) is 13.6. The molecule has 4 nitrogen and oxygen atoms in total. The number of methoxy groups -OCH3 is 2. The molecule has 0 aliphatic carbocycles. The highest BCUT2D eigenvalue weighted by Gasteiger charge is 2.12. The van der Waals surface area contributed by atoms with E-state index in [4.69, 9.17) is 21.1 Å². The highest BCUT2D eigenvalue weighted by Crippen LogP contribution is 2.16. The van der Waals surface area contributed by atoms with E-state index in [-0.39, 0.29) is 5.78 Å². The summed E-state index contributed by atoms with van der Waals surface area (Å²) < 4.78 is 10.2. The van der Waals surface area contributed by atoms with Crippen LogP contribution < -0.4 is 0 Å². The molecule has 0 heterocycles. The molecule has 0 radical (unpaired) electrons. The Hall–Kier alpha value is -0.940. The van der Waals surface area contributed by atoms with E-state index in [0.29, 0.717) is 30.2 Å². The van der Waals surface area contributed by atoms with Crippen LogP contribution in [0.25, 0.3) is 0 Å². The summed E-state index contributed by atoms with van der Waals surface area (Å²) in [6, 6.07) is 7.18. The monoisotopic (exact) mass is 313 g/mol. The predicted octanol–water partition coefficient (Wildman–Crippen LogP) is 2.90. The molecule has 0 amide bonds. The number of hydrogen-bond acceptors (Lipinski definition) is 4. The van der Waals surface area contributed by atoms with Crippen LogP contribution in [0.4, 0.5) is 0 Å². The van der Waals surface area contributed by atoms with Gasteiger partial charge < -0.3 is 14.4 Å². The summed E-state index contributed by atoms with van der Waals surface area (Å²) in [6.45, 7) is 3.80. The van der Waals surface area contributed by atoms with Gasteiger partial charge >= 0.3 is 0 Å². The molecule has 0 aliphatic rings. The molecule has 0 saturated heterocycles. The van der Waals surface area contributed by atoms with Crippen molar-refractivity contribution >= 4 is 17.4 Å². The summed E-state index contributed by atoms with van der Waals surface area (Å²) in [5, 5.41) is 0.519. The number of halogens is 1. The van der Waals surface area contributed by atoms with Crippen molar-refractivity contribution in [2.45, 2.75) is 12.8 Å². The second kappa shape index (κ2) is 10.7. The Morgan fingerprint density at radius 3 is 2.48 bits per heavy atom. The quantitative estimate of drug-likeness (QED) is 0.465. The van der Waals surface area contributed by atoms with E-state index in [1.54, 1.807) is 26.4 Å². The Morgan fingerprint density at radius 1 is 1.10 bits per heavy atom. The zero-order valence-electron chi connectivity index (χ0n) is 12.8. The first-order chi connectivity index (χ1) is 10.2. The second-order valence-electron chi connectivity index (χ2n) is 4.83. The van der Waals surface area contributed by atoms with E-state index in [1.807, 2.05) is 12.1 Å². The lowest BCUT2D eigenvalue weighted by molar-refractivity contribution is 0.0940. The van der Waals surface area contributed by atoms with Crippen molar-refractivity contribution in [3.05, 3.63) is 34.9 Å². The maximum absolute atomic E-state index is 12.2. The molecule has 1 aromatic carbocycles. The molecule has 0 N–H and O–H groups in total. The second-order valence-corrected chi connectivity index (χ2v) is 5.24. The first-order valence-corrected chi connectivity index (χ1v) is 7.54. The van der Waals surface area contributed by atoms with Crippen LogP contribution in [0, 0.1) is 0 Å². The molecule has 0 aliphatic heterocycles. The first-order valence-electron chi connectivity index (χ1n) is 7.17. The van der Waals surface area contributed by atoms with Crippen molar-refractivity contribution < 1.29 is 14.3 Å². The summed E-state index contributed by atoms with van der Waals surface area (Å²) in [5.74, 6) is 0.0785. The van der Waals surface area contributed by atoms with Crippen molar-refractivity contribution in [3.63, 3.8) is 0 Å². The van der Waals surface area contributed by atoms with Gasteiger partial charge in [-0.15, -0.1) is 0 Å². The molecule has 0 fully saturated rings. The lowest BCUT2D eigenvalue weighted by Crippen LogP contribution is -2.31. The average Bonchev–Trinajstić information content (AvgIpc) is 2.49. The van der Waals surface area contributed by atoms with Gasteiger partial charge in [-0.05, 0) is 18.6 Å². The third-order valence-corrected chi connectivity index (χ3v) is 3.59. The van der Waals surface area contributed by atoms with E-state index in [9.17, 15) is 4.79 Å². The van der Waals surface area contributed by atoms with Gasteiger partial charge in [0.05, 0.1) is 11.6 Å². The molecule has 0 saturated carbocycles. The fourth-order valence-corrected chi connectivity index (χ4v) is 2.31. The molecule has 0 unspecified atom stereocenters. The Kier molecular flexibility index (Phi) is 9.26. The maximum Gasteiger partial charge on any atom is 0.165 e. The van der Waals surface area contributed by atoms with Gasteiger partial charge in [-0.2, -0.15) is 0 Å². The van der Waals surface area contributed by atoms with Gasteiger partial charge in [-0.3, -0.25) is 4.79 Å². The fourth-order valence-electron chi connectivity index (χ4n) is 2.07.